The van der Waals surface area contributed by atoms with Crippen LogP contribution in [-0.4, -0.2) is 41.0 Å². The number of carbonyl (C=O) groups is 2. The van der Waals surface area contributed by atoms with Gasteiger partial charge in [0, 0.05) is 12.2 Å². The molecule has 5 heteroatoms. The Hall–Kier alpha value is -1.93. The van der Waals surface area contributed by atoms with Gasteiger partial charge in [0.2, 0.25) is 0 Å². The van der Waals surface area contributed by atoms with E-state index in [0.29, 0.717) is 6.61 Å². The van der Waals surface area contributed by atoms with Crippen molar-refractivity contribution >= 4 is 31.6 Å². The van der Waals surface area contributed by atoms with Crippen molar-refractivity contribution in [1.82, 2.24) is 4.90 Å². The van der Waals surface area contributed by atoms with E-state index < -0.39 is 6.09 Å². The summed E-state index contributed by atoms with van der Waals surface area (Å²) < 4.78 is 4.96. The first-order valence-corrected chi connectivity index (χ1v) is 7.10. The maximum absolute atomic E-state index is 12.1. The molecule has 1 aromatic carbocycles. The van der Waals surface area contributed by atoms with E-state index in [2.05, 4.69) is 0 Å². The van der Waals surface area contributed by atoms with Crippen molar-refractivity contribution in [2.24, 2.45) is 0 Å². The van der Waals surface area contributed by atoms with E-state index in [-0.39, 0.29) is 11.9 Å². The molecule has 0 bridgehead atoms. The molecule has 2 aliphatic rings. The smallest absolute Gasteiger partial charge is 0.417 e. The van der Waals surface area contributed by atoms with Crippen molar-refractivity contribution in [2.45, 2.75) is 6.04 Å². The molecule has 2 heterocycles. The van der Waals surface area contributed by atoms with Crippen LogP contribution in [0.1, 0.15) is 5.56 Å². The maximum atomic E-state index is 12.1. The minimum absolute atomic E-state index is 0.165. The van der Waals surface area contributed by atoms with Gasteiger partial charge in [0.1, 0.15) is 12.6 Å². The first kappa shape index (κ1) is 12.1. The number of hydrogen-bond donors (Lipinski definition) is 0. The van der Waals surface area contributed by atoms with E-state index in [1.807, 2.05) is 30.3 Å². The zero-order chi connectivity index (χ0) is 13.2. The Balaban J connectivity index is 1.74. The lowest BCUT2D eigenvalue weighted by atomic mass is 10.2. The topological polar surface area (TPSA) is 46.6 Å². The lowest BCUT2D eigenvalue weighted by molar-refractivity contribution is -0.123. The van der Waals surface area contributed by atoms with Crippen molar-refractivity contribution in [2.75, 3.05) is 12.8 Å². The van der Waals surface area contributed by atoms with E-state index in [4.69, 9.17) is 4.74 Å². The van der Waals surface area contributed by atoms with Crippen LogP contribution in [0, 0.1) is 0 Å². The van der Waals surface area contributed by atoms with Gasteiger partial charge in [-0.25, -0.2) is 9.69 Å². The Morgan fingerprint density at radius 3 is 2.79 bits per heavy atom. The van der Waals surface area contributed by atoms with Gasteiger partial charge in [-0.1, -0.05) is 38.5 Å². The number of amides is 2. The number of nitrogens with zero attached hydrogens (tertiary/aromatic N) is 1. The van der Waals surface area contributed by atoms with Gasteiger partial charge in [-0.05, 0) is 16.9 Å². The maximum Gasteiger partial charge on any atom is 0.417 e. The van der Waals surface area contributed by atoms with E-state index in [9.17, 15) is 9.59 Å². The van der Waals surface area contributed by atoms with Gasteiger partial charge in [-0.2, -0.15) is 0 Å². The van der Waals surface area contributed by atoms with Crippen molar-refractivity contribution < 1.29 is 14.3 Å². The van der Waals surface area contributed by atoms with Crippen LogP contribution in [-0.2, 0) is 9.53 Å². The van der Waals surface area contributed by atoms with Crippen molar-refractivity contribution in [3.8, 4) is 0 Å². The highest BCUT2D eigenvalue weighted by atomic mass is 31.1. The second kappa shape index (κ2) is 4.98. The molecule has 1 aromatic rings. The average Bonchev–Trinajstić information content (AvgIpc) is 3.20. The summed E-state index contributed by atoms with van der Waals surface area (Å²) in [5.74, 6) is -0.314. The summed E-state index contributed by atoms with van der Waals surface area (Å²) in [4.78, 5) is 24.9. The zero-order valence-electron chi connectivity index (χ0n) is 10.2. The van der Waals surface area contributed by atoms with E-state index in [0.717, 1.165) is 11.7 Å². The van der Waals surface area contributed by atoms with Crippen molar-refractivity contribution in [3.05, 3.63) is 42.0 Å². The second-order valence-electron chi connectivity index (χ2n) is 4.35. The molecule has 0 aromatic heterocycles. The fourth-order valence-corrected chi connectivity index (χ4v) is 2.68. The minimum Gasteiger partial charge on any atom is -0.446 e. The normalized spacial score (nSPS) is 22.3. The molecule has 1 atom stereocenters. The number of cyclic esters (lactones) is 1. The summed E-state index contributed by atoms with van der Waals surface area (Å²) in [6.07, 6.45) is 3.56. The molecule has 1 saturated heterocycles. The van der Waals surface area contributed by atoms with Crippen LogP contribution in [0.2, 0.25) is 0 Å². The Bertz CT molecular complexity index is 580. The first-order chi connectivity index (χ1) is 9.25. The summed E-state index contributed by atoms with van der Waals surface area (Å²) in [5.41, 5.74) is 0.928. The molecule has 2 amide bonds. The molecule has 0 unspecified atom stereocenters. The van der Waals surface area contributed by atoms with Gasteiger partial charge in [-0.3, -0.25) is 4.79 Å². The number of imide groups is 1. The molecule has 3 rings (SSSR count). The summed E-state index contributed by atoms with van der Waals surface area (Å²) in [6.45, 7) is 0.298. The molecule has 0 radical (unpaired) electrons. The lowest BCUT2D eigenvalue weighted by Crippen LogP contribution is -2.40. The van der Waals surface area contributed by atoms with Crippen LogP contribution in [0.25, 0.3) is 6.08 Å². The van der Waals surface area contributed by atoms with Crippen LogP contribution in [0.3, 0.4) is 0 Å². The zero-order valence-corrected chi connectivity index (χ0v) is 11.0. The summed E-state index contributed by atoms with van der Waals surface area (Å²) in [5, 5.41) is 1.20. The van der Waals surface area contributed by atoms with Crippen LogP contribution in [0.4, 0.5) is 4.79 Å². The minimum atomic E-state index is -0.540. The predicted molar refractivity (Wildman–Crippen MR) is 74.3 cm³/mol. The highest BCUT2D eigenvalue weighted by molar-refractivity contribution is 7.53. The van der Waals surface area contributed by atoms with Crippen LogP contribution in [0.5, 0.6) is 0 Å². The molecule has 96 valence electrons. The molecule has 0 N–H and O–H groups in total. The summed E-state index contributed by atoms with van der Waals surface area (Å²) >= 11 is 0. The fourth-order valence-electron chi connectivity index (χ4n) is 1.98. The van der Waals surface area contributed by atoms with Gasteiger partial charge in [0.15, 0.2) is 0 Å². The predicted octanol–water partition coefficient (Wildman–Crippen LogP) is 2.18. The molecule has 0 aliphatic carbocycles. The SMILES string of the molecule is O=C(/C=C/c1ccccc1)N1C(=O)OC[C@@H]1C1=PC1. The van der Waals surface area contributed by atoms with Crippen LogP contribution in [0.15, 0.2) is 36.4 Å². The molecular formula is C14H12NO3P. The van der Waals surface area contributed by atoms with Gasteiger partial charge in [0.25, 0.3) is 5.91 Å². The summed E-state index contributed by atoms with van der Waals surface area (Å²) in [7, 11) is 1.22. The molecular weight excluding hydrogens is 261 g/mol. The van der Waals surface area contributed by atoms with Gasteiger partial charge in [0.05, 0.1) is 0 Å². The first-order valence-electron chi connectivity index (χ1n) is 6.02. The number of rotatable bonds is 3. The summed E-state index contributed by atoms with van der Waals surface area (Å²) in [6, 6.07) is 9.35. The lowest BCUT2D eigenvalue weighted by Gasteiger charge is -2.14. The van der Waals surface area contributed by atoms with Crippen LogP contribution < -0.4 is 0 Å². The molecule has 0 saturated carbocycles. The number of benzene rings is 1. The Kier molecular flexibility index (Phi) is 3.18. The highest BCUT2D eigenvalue weighted by Gasteiger charge is 2.41. The molecule has 4 nitrogen and oxygen atoms in total. The quantitative estimate of drug-likeness (QED) is 0.626. The molecule has 1 fully saturated rings. The molecule has 19 heavy (non-hydrogen) atoms. The van der Waals surface area contributed by atoms with Gasteiger partial charge < -0.3 is 4.74 Å². The Morgan fingerprint density at radius 1 is 1.37 bits per heavy atom. The molecule has 0 spiro atoms. The highest BCUT2D eigenvalue weighted by Crippen LogP contribution is 2.28. The van der Waals surface area contributed by atoms with Crippen LogP contribution >= 0.6 is 8.20 Å². The van der Waals surface area contributed by atoms with Gasteiger partial charge >= 0.3 is 6.09 Å². The third kappa shape index (κ3) is 2.59. The van der Waals surface area contributed by atoms with E-state index in [1.54, 1.807) is 6.08 Å². The second-order valence-corrected chi connectivity index (χ2v) is 5.56. The third-order valence-electron chi connectivity index (χ3n) is 3.05. The third-order valence-corrected chi connectivity index (χ3v) is 4.03. The Morgan fingerprint density at radius 2 is 2.11 bits per heavy atom. The Labute approximate surface area is 112 Å². The van der Waals surface area contributed by atoms with E-state index in [1.165, 1.54) is 24.5 Å². The molecule has 2 aliphatic heterocycles. The standard InChI is InChI=1S/C14H12NO3P/c16-13(7-6-10-4-2-1-3-5-10)15-11(12-9-19-12)8-18-14(15)17/h1-7,11H,8-9H2/b7-6+/t11-/m1/s1. The van der Waals surface area contributed by atoms with E-state index >= 15 is 0 Å². The average molecular weight is 273 g/mol. The number of ether oxygens (including phenoxy) is 1. The van der Waals surface area contributed by atoms with Crippen molar-refractivity contribution in [3.63, 3.8) is 0 Å². The fraction of sp³-hybridized carbons (Fsp3) is 0.214. The largest absolute Gasteiger partial charge is 0.446 e. The monoisotopic (exact) mass is 273 g/mol. The van der Waals surface area contributed by atoms with Gasteiger partial charge in [-0.15, -0.1) is 0 Å². The number of hydrogen-bond acceptors (Lipinski definition) is 3. The van der Waals surface area contributed by atoms with Crippen molar-refractivity contribution in [1.29, 1.82) is 0 Å². The number of carbonyl (C=O) groups excluding carboxylic acids is 2.